The number of para-hydroxylation sites is 2. The maximum atomic E-state index is 13.8. The van der Waals surface area contributed by atoms with Crippen LogP contribution in [-0.2, 0) is 9.53 Å². The number of ketones is 1. The smallest absolute Gasteiger partial charge is 0.340 e. The maximum absolute atomic E-state index is 13.8. The van der Waals surface area contributed by atoms with Gasteiger partial charge in [-0.15, -0.1) is 0 Å². The zero-order valence-electron chi connectivity index (χ0n) is 19.2. The quantitative estimate of drug-likeness (QED) is 0.473. The lowest BCUT2D eigenvalue weighted by Crippen LogP contribution is -2.38. The molecule has 2 aliphatic heterocycles. The van der Waals surface area contributed by atoms with E-state index in [2.05, 4.69) is 24.1 Å². The molecule has 3 aliphatic rings. The molecule has 0 amide bonds. The molecule has 0 radical (unpaired) electrons. The molecule has 0 unspecified atom stereocenters. The Kier molecular flexibility index (Phi) is 4.63. The van der Waals surface area contributed by atoms with Crippen LogP contribution in [0.3, 0.4) is 0 Å². The van der Waals surface area contributed by atoms with Crippen molar-refractivity contribution in [1.82, 2.24) is 0 Å². The molecule has 0 spiro atoms. The van der Waals surface area contributed by atoms with Crippen molar-refractivity contribution in [2.75, 3.05) is 10.2 Å². The summed E-state index contributed by atoms with van der Waals surface area (Å²) in [4.78, 5) is 28.7. The fraction of sp³-hybridized carbons (Fsp3) is 0.241. The van der Waals surface area contributed by atoms with E-state index in [9.17, 15) is 9.59 Å². The van der Waals surface area contributed by atoms with E-state index in [0.29, 0.717) is 12.0 Å². The Hall–Kier alpha value is -3.86. The number of cyclic esters (lactones) is 1. The third-order valence-electron chi connectivity index (χ3n) is 6.97. The average Bonchev–Trinajstić information content (AvgIpc) is 3.07. The number of hydrogen-bond donors (Lipinski definition) is 1. The Morgan fingerprint density at radius 1 is 0.882 bits per heavy atom. The number of carbonyl (C=O) groups is 2. The van der Waals surface area contributed by atoms with Crippen LogP contribution in [0.25, 0.3) is 0 Å². The molecule has 34 heavy (non-hydrogen) atoms. The third kappa shape index (κ3) is 3.23. The molecule has 0 fully saturated rings. The van der Waals surface area contributed by atoms with Gasteiger partial charge >= 0.3 is 5.97 Å². The minimum absolute atomic E-state index is 0.128. The number of fused-ring (bicyclic) bond motifs is 2. The number of allylic oxidation sites excluding steroid dienone is 1. The number of rotatable bonds is 2. The highest BCUT2D eigenvalue weighted by Crippen LogP contribution is 2.52. The molecule has 6 rings (SSSR count). The molecule has 0 saturated carbocycles. The predicted molar refractivity (Wildman–Crippen MR) is 131 cm³/mol. The zero-order valence-corrected chi connectivity index (χ0v) is 19.2. The summed E-state index contributed by atoms with van der Waals surface area (Å²) < 4.78 is 6.02. The van der Waals surface area contributed by atoms with E-state index in [1.165, 1.54) is 0 Å². The van der Waals surface area contributed by atoms with Crippen molar-refractivity contribution in [3.63, 3.8) is 0 Å². The average molecular weight is 451 g/mol. The lowest BCUT2D eigenvalue weighted by atomic mass is 9.73. The van der Waals surface area contributed by atoms with Crippen molar-refractivity contribution in [1.29, 1.82) is 0 Å². The number of anilines is 2. The minimum Gasteiger partial charge on any atom is -0.433 e. The largest absolute Gasteiger partial charge is 0.433 e. The lowest BCUT2D eigenvalue weighted by Gasteiger charge is -2.40. The molecular weight excluding hydrogens is 424 g/mol. The Morgan fingerprint density at radius 3 is 2.41 bits per heavy atom. The molecule has 3 aromatic carbocycles. The summed E-state index contributed by atoms with van der Waals surface area (Å²) in [6.45, 7) is 4.27. The van der Waals surface area contributed by atoms with Gasteiger partial charge in [-0.1, -0.05) is 74.5 Å². The van der Waals surface area contributed by atoms with Crippen molar-refractivity contribution < 1.29 is 14.3 Å². The van der Waals surface area contributed by atoms with Crippen LogP contribution in [0.1, 0.15) is 60.4 Å². The molecule has 5 nitrogen and oxygen atoms in total. The van der Waals surface area contributed by atoms with E-state index < -0.39 is 12.3 Å². The summed E-state index contributed by atoms with van der Waals surface area (Å²) in [5.41, 5.74) is 5.73. The van der Waals surface area contributed by atoms with Gasteiger partial charge in [0.2, 0.25) is 6.23 Å². The Morgan fingerprint density at radius 2 is 1.59 bits per heavy atom. The van der Waals surface area contributed by atoms with E-state index in [4.69, 9.17) is 4.74 Å². The van der Waals surface area contributed by atoms with Crippen molar-refractivity contribution >= 4 is 23.1 Å². The number of carbonyl (C=O) groups excluding carboxylic acids is 2. The number of benzene rings is 3. The fourth-order valence-electron chi connectivity index (χ4n) is 5.57. The molecule has 0 aromatic heterocycles. The molecule has 1 N–H and O–H groups in total. The number of hydrogen-bond acceptors (Lipinski definition) is 5. The lowest BCUT2D eigenvalue weighted by molar-refractivity contribution is -0.118. The standard InChI is InChI=1S/C29H26N2O3/c1-29(2)16-22-25(24(32)17-29)26(18-10-4-3-5-11-18)31(23-15-9-8-14-21(23)30-22)27-19-12-6-7-13-20(19)28(33)34-27/h3-15,26-27,30H,16-17H2,1-2H3/t26-,27-/m1/s1. The van der Waals surface area contributed by atoms with Gasteiger partial charge in [-0.2, -0.15) is 0 Å². The first-order valence-corrected chi connectivity index (χ1v) is 11.7. The molecule has 1 aliphatic carbocycles. The van der Waals surface area contributed by atoms with E-state index >= 15 is 0 Å². The van der Waals surface area contributed by atoms with Gasteiger partial charge in [0.15, 0.2) is 5.78 Å². The first kappa shape index (κ1) is 20.7. The number of esters is 1. The van der Waals surface area contributed by atoms with Gasteiger partial charge in [0.1, 0.15) is 0 Å². The molecule has 5 heteroatoms. The second-order valence-corrected chi connectivity index (χ2v) is 10.0. The van der Waals surface area contributed by atoms with E-state index in [-0.39, 0.29) is 17.2 Å². The first-order chi connectivity index (χ1) is 16.4. The van der Waals surface area contributed by atoms with Gasteiger partial charge < -0.3 is 15.0 Å². The molecular formula is C29H26N2O3. The van der Waals surface area contributed by atoms with Crippen LogP contribution in [0.5, 0.6) is 0 Å². The van der Waals surface area contributed by atoms with Gasteiger partial charge in [-0.3, -0.25) is 4.79 Å². The van der Waals surface area contributed by atoms with Crippen molar-refractivity contribution in [2.45, 2.75) is 39.0 Å². The van der Waals surface area contributed by atoms with E-state index in [1.54, 1.807) is 6.07 Å². The number of nitrogens with zero attached hydrogens (tertiary/aromatic N) is 1. The Balaban J connectivity index is 1.64. The topological polar surface area (TPSA) is 58.6 Å². The second kappa shape index (κ2) is 7.59. The summed E-state index contributed by atoms with van der Waals surface area (Å²) >= 11 is 0. The predicted octanol–water partition coefficient (Wildman–Crippen LogP) is 6.17. The summed E-state index contributed by atoms with van der Waals surface area (Å²) in [7, 11) is 0. The Bertz CT molecular complexity index is 1340. The van der Waals surface area contributed by atoms with Crippen LogP contribution in [0, 0.1) is 5.41 Å². The van der Waals surface area contributed by atoms with Crippen molar-refractivity contribution in [2.24, 2.45) is 5.41 Å². The van der Waals surface area contributed by atoms with Gasteiger partial charge in [0.25, 0.3) is 0 Å². The SMILES string of the molecule is CC1(C)CC(=O)C2=C(C1)Nc1ccccc1N([C@@H]1OC(=O)c3ccccc31)[C@@H]2c1ccccc1. The van der Waals surface area contributed by atoms with Crippen LogP contribution >= 0.6 is 0 Å². The highest BCUT2D eigenvalue weighted by molar-refractivity contribution is 6.02. The molecule has 170 valence electrons. The summed E-state index contributed by atoms with van der Waals surface area (Å²) in [5, 5.41) is 3.61. The van der Waals surface area contributed by atoms with Gasteiger partial charge in [0.05, 0.1) is 23.0 Å². The van der Waals surface area contributed by atoms with Crippen LogP contribution in [-0.4, -0.2) is 11.8 Å². The molecule has 2 heterocycles. The molecule has 0 saturated heterocycles. The monoisotopic (exact) mass is 450 g/mol. The van der Waals surface area contributed by atoms with Crippen molar-refractivity contribution in [3.05, 3.63) is 107 Å². The highest BCUT2D eigenvalue weighted by Gasteiger charge is 2.46. The minimum atomic E-state index is -0.647. The molecule has 3 aromatic rings. The zero-order chi connectivity index (χ0) is 23.4. The van der Waals surface area contributed by atoms with Crippen LogP contribution in [0.2, 0.25) is 0 Å². The van der Waals surface area contributed by atoms with Crippen LogP contribution in [0.15, 0.2) is 90.1 Å². The summed E-state index contributed by atoms with van der Waals surface area (Å²) in [5.74, 6) is -0.213. The second-order valence-electron chi connectivity index (χ2n) is 10.0. The number of ether oxygens (including phenoxy) is 1. The highest BCUT2D eigenvalue weighted by atomic mass is 16.6. The first-order valence-electron chi connectivity index (χ1n) is 11.7. The van der Waals surface area contributed by atoms with Gasteiger partial charge in [-0.05, 0) is 35.6 Å². The number of nitrogens with one attached hydrogen (secondary N) is 1. The Labute approximate surface area is 199 Å². The number of Topliss-reactive ketones (excluding diaryl/α,β-unsaturated/α-hetero) is 1. The molecule has 0 bridgehead atoms. The van der Waals surface area contributed by atoms with Gasteiger partial charge in [0, 0.05) is 23.3 Å². The van der Waals surface area contributed by atoms with Crippen molar-refractivity contribution in [3.8, 4) is 0 Å². The maximum Gasteiger partial charge on any atom is 0.340 e. The third-order valence-corrected chi connectivity index (χ3v) is 6.97. The normalized spacial score (nSPS) is 22.8. The van der Waals surface area contributed by atoms with Gasteiger partial charge in [-0.25, -0.2) is 4.79 Å². The summed E-state index contributed by atoms with van der Waals surface area (Å²) in [6.07, 6.45) is 0.592. The fourth-order valence-corrected chi connectivity index (χ4v) is 5.57. The molecule has 2 atom stereocenters. The van der Waals surface area contributed by atoms with E-state index in [0.717, 1.165) is 40.2 Å². The van der Waals surface area contributed by atoms with Crippen LogP contribution < -0.4 is 10.2 Å². The van der Waals surface area contributed by atoms with Crippen LogP contribution in [0.4, 0.5) is 11.4 Å². The van der Waals surface area contributed by atoms with E-state index in [1.807, 2.05) is 72.8 Å². The summed E-state index contributed by atoms with van der Waals surface area (Å²) in [6, 6.07) is 25.2.